The predicted octanol–water partition coefficient (Wildman–Crippen LogP) is 3.43. The molecule has 1 amide bonds. The zero-order valence-corrected chi connectivity index (χ0v) is 14.5. The predicted molar refractivity (Wildman–Crippen MR) is 89.8 cm³/mol. The molecule has 2 rings (SSSR count). The van der Waals surface area contributed by atoms with Crippen LogP contribution < -0.4 is 14.8 Å². The van der Waals surface area contributed by atoms with Gasteiger partial charge in [-0.3, -0.25) is 4.79 Å². The van der Waals surface area contributed by atoms with E-state index in [1.807, 2.05) is 0 Å². The number of halogens is 3. The fourth-order valence-corrected chi connectivity index (χ4v) is 2.31. The maximum atomic E-state index is 13.1. The van der Waals surface area contributed by atoms with Crippen molar-refractivity contribution in [3.63, 3.8) is 0 Å². The SMILES string of the molecule is COc1cc(C(=O)OCC(=O)Nc2ccc(F)c(F)c2)cc(Cl)c1OC. The van der Waals surface area contributed by atoms with Crippen molar-refractivity contribution in [2.75, 3.05) is 26.1 Å². The first-order valence-corrected chi connectivity index (χ1v) is 7.57. The van der Waals surface area contributed by atoms with Gasteiger partial charge in [-0.05, 0) is 24.3 Å². The summed E-state index contributed by atoms with van der Waals surface area (Å²) < 4.78 is 40.9. The summed E-state index contributed by atoms with van der Waals surface area (Å²) in [5.74, 6) is -3.23. The van der Waals surface area contributed by atoms with Gasteiger partial charge in [-0.15, -0.1) is 0 Å². The molecule has 0 aliphatic heterocycles. The van der Waals surface area contributed by atoms with Gasteiger partial charge in [0.2, 0.25) is 0 Å². The van der Waals surface area contributed by atoms with Crippen LogP contribution in [0.2, 0.25) is 5.02 Å². The Hall–Kier alpha value is -2.87. The molecule has 6 nitrogen and oxygen atoms in total. The molecule has 0 radical (unpaired) electrons. The summed E-state index contributed by atoms with van der Waals surface area (Å²) in [6.45, 7) is -0.635. The lowest BCUT2D eigenvalue weighted by Gasteiger charge is -2.11. The molecule has 138 valence electrons. The minimum Gasteiger partial charge on any atom is -0.493 e. The minimum absolute atomic E-state index is 0.0270. The maximum absolute atomic E-state index is 13.1. The highest BCUT2D eigenvalue weighted by Gasteiger charge is 2.17. The third-order valence-electron chi connectivity index (χ3n) is 3.21. The molecule has 0 fully saturated rings. The van der Waals surface area contributed by atoms with Gasteiger partial charge >= 0.3 is 5.97 Å². The van der Waals surface area contributed by atoms with Gasteiger partial charge in [0.15, 0.2) is 29.7 Å². The van der Waals surface area contributed by atoms with E-state index in [1.165, 1.54) is 32.4 Å². The van der Waals surface area contributed by atoms with E-state index in [1.54, 1.807) is 0 Å². The van der Waals surface area contributed by atoms with Crippen LogP contribution in [0.5, 0.6) is 11.5 Å². The molecule has 2 aromatic rings. The van der Waals surface area contributed by atoms with Gasteiger partial charge in [0.1, 0.15) is 0 Å². The van der Waals surface area contributed by atoms with Crippen LogP contribution in [0.4, 0.5) is 14.5 Å². The van der Waals surface area contributed by atoms with E-state index in [0.717, 1.165) is 12.1 Å². The molecule has 0 aliphatic carbocycles. The molecular formula is C17H14ClF2NO5. The average molecular weight is 386 g/mol. The highest BCUT2D eigenvalue weighted by Crippen LogP contribution is 2.36. The Bertz CT molecular complexity index is 844. The summed E-state index contributed by atoms with van der Waals surface area (Å²) in [7, 11) is 2.77. The van der Waals surface area contributed by atoms with E-state index in [0.29, 0.717) is 0 Å². The molecule has 0 aliphatic rings. The summed E-state index contributed by atoms with van der Waals surface area (Å²) in [5.41, 5.74) is 0.0763. The number of esters is 1. The molecule has 2 aromatic carbocycles. The van der Waals surface area contributed by atoms with E-state index in [2.05, 4.69) is 5.32 Å². The van der Waals surface area contributed by atoms with Gasteiger partial charge in [-0.2, -0.15) is 0 Å². The van der Waals surface area contributed by atoms with Crippen LogP contribution in [0, 0.1) is 11.6 Å². The summed E-state index contributed by atoms with van der Waals surface area (Å²) in [4.78, 5) is 23.8. The Morgan fingerprint density at radius 1 is 1.08 bits per heavy atom. The van der Waals surface area contributed by atoms with Gasteiger partial charge in [0.25, 0.3) is 5.91 Å². The molecule has 1 N–H and O–H groups in total. The molecule has 9 heteroatoms. The number of benzene rings is 2. The van der Waals surface area contributed by atoms with E-state index in [4.69, 9.17) is 25.8 Å². The second kappa shape index (κ2) is 8.48. The number of rotatable bonds is 6. The van der Waals surface area contributed by atoms with Crippen molar-refractivity contribution in [1.29, 1.82) is 0 Å². The van der Waals surface area contributed by atoms with Crippen LogP contribution in [-0.4, -0.2) is 32.7 Å². The molecule has 0 saturated heterocycles. The van der Waals surface area contributed by atoms with Crippen molar-refractivity contribution in [1.82, 2.24) is 0 Å². The normalized spacial score (nSPS) is 10.2. The lowest BCUT2D eigenvalue weighted by Crippen LogP contribution is -2.21. The van der Waals surface area contributed by atoms with Crippen molar-refractivity contribution in [3.8, 4) is 11.5 Å². The van der Waals surface area contributed by atoms with Crippen molar-refractivity contribution in [2.45, 2.75) is 0 Å². The second-order valence-electron chi connectivity index (χ2n) is 4.95. The Morgan fingerprint density at radius 2 is 1.81 bits per heavy atom. The first-order chi connectivity index (χ1) is 12.3. The fraction of sp³-hybridized carbons (Fsp3) is 0.176. The Labute approximate surface area is 152 Å². The smallest absolute Gasteiger partial charge is 0.338 e. The van der Waals surface area contributed by atoms with Crippen LogP contribution in [0.15, 0.2) is 30.3 Å². The Morgan fingerprint density at radius 3 is 2.42 bits per heavy atom. The summed E-state index contributed by atoms with van der Waals surface area (Å²) in [6, 6.07) is 5.50. The molecule has 0 atom stereocenters. The van der Waals surface area contributed by atoms with Crippen LogP contribution in [-0.2, 0) is 9.53 Å². The number of hydrogen-bond acceptors (Lipinski definition) is 5. The molecule has 0 saturated carbocycles. The lowest BCUT2D eigenvalue weighted by molar-refractivity contribution is -0.119. The van der Waals surface area contributed by atoms with E-state index in [-0.39, 0.29) is 27.8 Å². The van der Waals surface area contributed by atoms with Crippen molar-refractivity contribution < 1.29 is 32.6 Å². The highest BCUT2D eigenvalue weighted by atomic mass is 35.5. The first kappa shape index (κ1) is 19.5. The number of nitrogens with one attached hydrogen (secondary N) is 1. The van der Waals surface area contributed by atoms with Gasteiger partial charge in [-0.25, -0.2) is 13.6 Å². The zero-order chi connectivity index (χ0) is 19.3. The van der Waals surface area contributed by atoms with Crippen LogP contribution >= 0.6 is 11.6 Å². The summed E-state index contributed by atoms with van der Waals surface area (Å²) in [5, 5.41) is 2.41. The van der Waals surface area contributed by atoms with Gasteiger partial charge in [-0.1, -0.05) is 11.6 Å². The standard InChI is InChI=1S/C17H14ClF2NO5/c1-24-14-6-9(5-11(18)16(14)25-2)17(23)26-8-15(22)21-10-3-4-12(19)13(20)7-10/h3-7H,8H2,1-2H3,(H,21,22). The van der Waals surface area contributed by atoms with Crippen LogP contribution in [0.25, 0.3) is 0 Å². The summed E-state index contributed by atoms with van der Waals surface area (Å²) in [6.07, 6.45) is 0. The zero-order valence-electron chi connectivity index (χ0n) is 13.8. The molecule has 26 heavy (non-hydrogen) atoms. The van der Waals surface area contributed by atoms with Crippen molar-refractivity contribution >= 4 is 29.2 Å². The number of amides is 1. The largest absolute Gasteiger partial charge is 0.493 e. The number of hydrogen-bond donors (Lipinski definition) is 1. The number of carbonyl (C=O) groups excluding carboxylic acids is 2. The molecule has 0 aromatic heterocycles. The van der Waals surface area contributed by atoms with Crippen LogP contribution in [0.1, 0.15) is 10.4 Å². The average Bonchev–Trinajstić information content (AvgIpc) is 2.62. The number of anilines is 1. The first-order valence-electron chi connectivity index (χ1n) is 7.19. The monoisotopic (exact) mass is 385 g/mol. The van der Waals surface area contributed by atoms with E-state index < -0.39 is 30.1 Å². The van der Waals surface area contributed by atoms with Gasteiger partial charge in [0, 0.05) is 11.8 Å². The number of carbonyl (C=O) groups is 2. The summed E-state index contributed by atoms with van der Waals surface area (Å²) >= 11 is 6.00. The van der Waals surface area contributed by atoms with Gasteiger partial charge < -0.3 is 19.5 Å². The fourth-order valence-electron chi connectivity index (χ4n) is 2.02. The number of ether oxygens (including phenoxy) is 3. The van der Waals surface area contributed by atoms with Gasteiger partial charge in [0.05, 0.1) is 24.8 Å². The van der Waals surface area contributed by atoms with Crippen molar-refractivity contribution in [2.24, 2.45) is 0 Å². The Kier molecular flexibility index (Phi) is 6.35. The molecule has 0 bridgehead atoms. The molecular weight excluding hydrogens is 372 g/mol. The lowest BCUT2D eigenvalue weighted by atomic mass is 10.2. The molecule has 0 heterocycles. The molecule has 0 unspecified atom stereocenters. The topological polar surface area (TPSA) is 73.9 Å². The quantitative estimate of drug-likeness (QED) is 0.771. The van der Waals surface area contributed by atoms with E-state index in [9.17, 15) is 18.4 Å². The Balaban J connectivity index is 2.00. The van der Waals surface area contributed by atoms with Crippen molar-refractivity contribution in [3.05, 3.63) is 52.6 Å². The van der Waals surface area contributed by atoms with E-state index >= 15 is 0 Å². The highest BCUT2D eigenvalue weighted by molar-refractivity contribution is 6.32. The second-order valence-corrected chi connectivity index (χ2v) is 5.35. The third kappa shape index (κ3) is 4.60. The molecule has 0 spiro atoms. The van der Waals surface area contributed by atoms with Crippen LogP contribution in [0.3, 0.4) is 0 Å². The maximum Gasteiger partial charge on any atom is 0.338 e. The minimum atomic E-state index is -1.11. The number of methoxy groups -OCH3 is 2. The third-order valence-corrected chi connectivity index (χ3v) is 3.49.